The summed E-state index contributed by atoms with van der Waals surface area (Å²) in [6, 6.07) is 12.2. The molecule has 0 bridgehead atoms. The average Bonchev–Trinajstić information content (AvgIpc) is 2.60. The molecular formula is C18H18N2O4. The smallest absolute Gasteiger partial charge is 0.262 e. The fourth-order valence-corrected chi connectivity index (χ4v) is 2.32. The number of carbonyl (C=O) groups excluding carboxylic acids is 2. The van der Waals surface area contributed by atoms with Crippen molar-refractivity contribution in [2.75, 3.05) is 23.8 Å². The number of rotatable bonds is 5. The predicted octanol–water partition coefficient (Wildman–Crippen LogP) is 3.06. The zero-order chi connectivity index (χ0) is 16.9. The summed E-state index contributed by atoms with van der Waals surface area (Å²) >= 11 is 0. The Bertz CT molecular complexity index is 773. The van der Waals surface area contributed by atoms with Crippen molar-refractivity contribution in [3.63, 3.8) is 0 Å². The number of ether oxygens (including phenoxy) is 2. The molecule has 24 heavy (non-hydrogen) atoms. The maximum absolute atomic E-state index is 12.5. The summed E-state index contributed by atoms with van der Waals surface area (Å²) in [7, 11) is 0. The van der Waals surface area contributed by atoms with Gasteiger partial charge in [-0.05, 0) is 36.8 Å². The minimum atomic E-state index is -0.272. The molecule has 2 aromatic rings. The Morgan fingerprint density at radius 2 is 2.12 bits per heavy atom. The van der Waals surface area contributed by atoms with Crippen molar-refractivity contribution in [3.05, 3.63) is 48.0 Å². The van der Waals surface area contributed by atoms with E-state index < -0.39 is 0 Å². The van der Waals surface area contributed by atoms with Gasteiger partial charge in [-0.25, -0.2) is 0 Å². The van der Waals surface area contributed by atoms with Crippen LogP contribution in [0.5, 0.6) is 11.5 Å². The second-order valence-corrected chi connectivity index (χ2v) is 5.35. The zero-order valence-electron chi connectivity index (χ0n) is 13.3. The van der Waals surface area contributed by atoms with Crippen LogP contribution in [0, 0.1) is 0 Å². The summed E-state index contributed by atoms with van der Waals surface area (Å²) < 4.78 is 11.0. The molecule has 3 rings (SSSR count). The molecule has 1 aliphatic heterocycles. The van der Waals surface area contributed by atoms with Crippen LogP contribution < -0.4 is 20.1 Å². The average molecular weight is 326 g/mol. The highest BCUT2D eigenvalue weighted by Crippen LogP contribution is 2.30. The topological polar surface area (TPSA) is 76.7 Å². The van der Waals surface area contributed by atoms with Gasteiger partial charge in [0.25, 0.3) is 11.8 Å². The maximum atomic E-state index is 12.5. The third-order valence-electron chi connectivity index (χ3n) is 3.47. The summed E-state index contributed by atoms with van der Waals surface area (Å²) in [5, 5.41) is 5.54. The van der Waals surface area contributed by atoms with Crippen molar-refractivity contribution in [2.24, 2.45) is 0 Å². The second kappa shape index (κ2) is 7.04. The number of fused-ring (bicyclic) bond motifs is 1. The molecule has 0 radical (unpaired) electrons. The van der Waals surface area contributed by atoms with Gasteiger partial charge in [0.15, 0.2) is 6.61 Å². The first-order valence-electron chi connectivity index (χ1n) is 7.77. The number of para-hydroxylation sites is 2. The third-order valence-corrected chi connectivity index (χ3v) is 3.47. The van der Waals surface area contributed by atoms with Crippen LogP contribution in [0.15, 0.2) is 42.5 Å². The summed E-state index contributed by atoms with van der Waals surface area (Å²) in [4.78, 5) is 23.8. The highest BCUT2D eigenvalue weighted by Gasteiger charge is 2.18. The molecule has 0 unspecified atom stereocenters. The summed E-state index contributed by atoms with van der Waals surface area (Å²) in [6.45, 7) is 2.55. The van der Waals surface area contributed by atoms with Crippen molar-refractivity contribution in [3.8, 4) is 11.5 Å². The van der Waals surface area contributed by atoms with E-state index in [1.165, 1.54) is 0 Å². The van der Waals surface area contributed by atoms with Gasteiger partial charge in [0, 0.05) is 5.56 Å². The molecule has 0 fully saturated rings. The quantitative estimate of drug-likeness (QED) is 0.885. The molecule has 2 N–H and O–H groups in total. The van der Waals surface area contributed by atoms with E-state index in [0.29, 0.717) is 35.0 Å². The number of hydrogen-bond acceptors (Lipinski definition) is 4. The van der Waals surface area contributed by atoms with Gasteiger partial charge in [-0.1, -0.05) is 19.1 Å². The predicted molar refractivity (Wildman–Crippen MR) is 90.7 cm³/mol. The fourth-order valence-electron chi connectivity index (χ4n) is 2.32. The molecule has 0 saturated carbocycles. The van der Waals surface area contributed by atoms with Crippen molar-refractivity contribution >= 4 is 23.2 Å². The lowest BCUT2D eigenvalue weighted by Crippen LogP contribution is -2.25. The largest absolute Gasteiger partial charge is 0.491 e. The van der Waals surface area contributed by atoms with E-state index >= 15 is 0 Å². The van der Waals surface area contributed by atoms with E-state index in [4.69, 9.17) is 9.47 Å². The Kier molecular flexibility index (Phi) is 4.65. The van der Waals surface area contributed by atoms with Crippen molar-refractivity contribution in [1.82, 2.24) is 0 Å². The molecule has 6 nitrogen and oxygen atoms in total. The molecule has 2 aromatic carbocycles. The number of hydrogen-bond donors (Lipinski definition) is 2. The van der Waals surface area contributed by atoms with Gasteiger partial charge in [-0.3, -0.25) is 9.59 Å². The molecule has 6 heteroatoms. The Labute approximate surface area is 139 Å². The lowest BCUT2D eigenvalue weighted by atomic mass is 10.1. The molecule has 0 aromatic heterocycles. The Hall–Kier alpha value is -3.02. The van der Waals surface area contributed by atoms with Crippen LogP contribution in [-0.2, 0) is 4.79 Å². The Balaban J connectivity index is 1.77. The highest BCUT2D eigenvalue weighted by molar-refractivity contribution is 6.06. The van der Waals surface area contributed by atoms with E-state index in [0.717, 1.165) is 6.42 Å². The van der Waals surface area contributed by atoms with Crippen molar-refractivity contribution in [2.45, 2.75) is 13.3 Å². The number of nitrogens with one attached hydrogen (secondary N) is 2. The molecule has 1 heterocycles. The summed E-state index contributed by atoms with van der Waals surface area (Å²) in [5.41, 5.74) is 1.62. The van der Waals surface area contributed by atoms with Gasteiger partial charge < -0.3 is 20.1 Å². The standard InChI is InChI=1S/C18H18N2O4/c1-2-9-23-15-6-4-3-5-13(15)20-18(22)12-7-8-14-16(10-12)24-11-17(21)19-14/h3-8,10H,2,9,11H2,1H3,(H,19,21)(H,20,22). The van der Waals surface area contributed by atoms with Crippen LogP contribution in [0.2, 0.25) is 0 Å². The number of carbonyl (C=O) groups is 2. The van der Waals surface area contributed by atoms with E-state index in [1.807, 2.05) is 25.1 Å². The van der Waals surface area contributed by atoms with Crippen LogP contribution >= 0.6 is 0 Å². The number of benzene rings is 2. The summed E-state index contributed by atoms with van der Waals surface area (Å²) in [5.74, 6) is 0.638. The van der Waals surface area contributed by atoms with Crippen LogP contribution in [0.4, 0.5) is 11.4 Å². The summed E-state index contributed by atoms with van der Waals surface area (Å²) in [6.07, 6.45) is 0.885. The van der Waals surface area contributed by atoms with Crippen LogP contribution in [-0.4, -0.2) is 25.0 Å². The van der Waals surface area contributed by atoms with Gasteiger partial charge in [0.2, 0.25) is 0 Å². The normalized spacial score (nSPS) is 12.6. The molecule has 0 saturated heterocycles. The fraction of sp³-hybridized carbons (Fsp3) is 0.222. The van der Waals surface area contributed by atoms with Gasteiger partial charge >= 0.3 is 0 Å². The van der Waals surface area contributed by atoms with Gasteiger partial charge in [0.05, 0.1) is 18.0 Å². The van der Waals surface area contributed by atoms with Crippen molar-refractivity contribution < 1.29 is 19.1 Å². The highest BCUT2D eigenvalue weighted by atomic mass is 16.5. The molecule has 2 amide bonds. The molecule has 124 valence electrons. The first-order chi connectivity index (χ1) is 11.7. The van der Waals surface area contributed by atoms with Crippen LogP contribution in [0.1, 0.15) is 23.7 Å². The Morgan fingerprint density at radius 3 is 2.96 bits per heavy atom. The third kappa shape index (κ3) is 3.48. The van der Waals surface area contributed by atoms with Crippen molar-refractivity contribution in [1.29, 1.82) is 0 Å². The maximum Gasteiger partial charge on any atom is 0.262 e. The van der Waals surface area contributed by atoms with E-state index in [9.17, 15) is 9.59 Å². The van der Waals surface area contributed by atoms with E-state index in [2.05, 4.69) is 10.6 Å². The molecule has 0 atom stereocenters. The van der Waals surface area contributed by atoms with Gasteiger partial charge in [0.1, 0.15) is 11.5 Å². The molecule has 1 aliphatic rings. The first-order valence-corrected chi connectivity index (χ1v) is 7.77. The lowest BCUT2D eigenvalue weighted by molar-refractivity contribution is -0.118. The first kappa shape index (κ1) is 15.9. The second-order valence-electron chi connectivity index (χ2n) is 5.35. The van der Waals surface area contributed by atoms with Gasteiger partial charge in [-0.2, -0.15) is 0 Å². The number of amides is 2. The number of anilines is 2. The SMILES string of the molecule is CCCOc1ccccc1NC(=O)c1ccc2c(c1)OCC(=O)N2. The van der Waals surface area contributed by atoms with E-state index in [1.54, 1.807) is 24.3 Å². The van der Waals surface area contributed by atoms with E-state index in [-0.39, 0.29) is 18.4 Å². The molecular weight excluding hydrogens is 308 g/mol. The molecule has 0 aliphatic carbocycles. The molecule has 0 spiro atoms. The minimum absolute atomic E-state index is 0.0498. The van der Waals surface area contributed by atoms with Gasteiger partial charge in [-0.15, -0.1) is 0 Å². The van der Waals surface area contributed by atoms with Crippen LogP contribution in [0.3, 0.4) is 0 Å². The Morgan fingerprint density at radius 1 is 1.29 bits per heavy atom. The lowest BCUT2D eigenvalue weighted by Gasteiger charge is -2.18. The zero-order valence-corrected chi connectivity index (χ0v) is 13.3. The minimum Gasteiger partial charge on any atom is -0.491 e. The van der Waals surface area contributed by atoms with Crippen LogP contribution in [0.25, 0.3) is 0 Å². The monoisotopic (exact) mass is 326 g/mol.